The predicted octanol–water partition coefficient (Wildman–Crippen LogP) is 1.29. The molecule has 0 bridgehead atoms. The average Bonchev–Trinajstić information content (AvgIpc) is 2.33. The van der Waals surface area contributed by atoms with Crippen LogP contribution >= 0.6 is 23.6 Å². The molecule has 58 valence electrons. The number of thiocarbonyl (C=S) groups is 1. The van der Waals surface area contributed by atoms with E-state index in [1.54, 1.807) is 5.38 Å². The van der Waals surface area contributed by atoms with Crippen LogP contribution in [0.25, 0.3) is 0 Å². The molecular formula is C5H4N2O2S2. The molecular weight excluding hydrogens is 184 g/mol. The Bertz CT molecular complexity index is 279. The summed E-state index contributed by atoms with van der Waals surface area (Å²) in [6.45, 7) is 0. The lowest BCUT2D eigenvalue weighted by molar-refractivity contribution is -0.380. The summed E-state index contributed by atoms with van der Waals surface area (Å²) < 4.78 is 0. The minimum Gasteiger partial charge on any atom is -0.389 e. The summed E-state index contributed by atoms with van der Waals surface area (Å²) in [6.07, 6.45) is 0. The van der Waals surface area contributed by atoms with Crippen molar-refractivity contribution in [2.24, 2.45) is 5.73 Å². The fraction of sp³-hybridized carbons (Fsp3) is 0. The number of nitrogens with zero attached hydrogens (tertiary/aromatic N) is 1. The van der Waals surface area contributed by atoms with Crippen molar-refractivity contribution in [1.82, 2.24) is 0 Å². The van der Waals surface area contributed by atoms with E-state index in [0.717, 1.165) is 11.3 Å². The molecule has 0 spiro atoms. The Labute approximate surface area is 71.8 Å². The first kappa shape index (κ1) is 8.09. The second kappa shape index (κ2) is 2.93. The van der Waals surface area contributed by atoms with Gasteiger partial charge in [-0.15, -0.1) is 0 Å². The van der Waals surface area contributed by atoms with Crippen LogP contribution in [0.3, 0.4) is 0 Å². The highest BCUT2D eigenvalue weighted by atomic mass is 32.1. The minimum atomic E-state index is -0.466. The fourth-order valence-electron chi connectivity index (χ4n) is 0.550. The molecule has 0 atom stereocenters. The summed E-state index contributed by atoms with van der Waals surface area (Å²) in [7, 11) is 0. The van der Waals surface area contributed by atoms with Crippen molar-refractivity contribution in [3.8, 4) is 0 Å². The summed E-state index contributed by atoms with van der Waals surface area (Å²) >= 11 is 5.64. The van der Waals surface area contributed by atoms with Crippen molar-refractivity contribution in [3.63, 3.8) is 0 Å². The highest BCUT2D eigenvalue weighted by Gasteiger charge is 2.10. The van der Waals surface area contributed by atoms with E-state index in [1.807, 2.05) is 0 Å². The van der Waals surface area contributed by atoms with Gasteiger partial charge in [0.25, 0.3) is 0 Å². The second-order valence-corrected chi connectivity index (χ2v) is 3.12. The molecule has 0 aliphatic heterocycles. The molecule has 0 saturated heterocycles. The van der Waals surface area contributed by atoms with Gasteiger partial charge in [-0.1, -0.05) is 23.6 Å². The lowest BCUT2D eigenvalue weighted by Crippen LogP contribution is -2.07. The van der Waals surface area contributed by atoms with Gasteiger partial charge in [-0.05, 0) is 0 Å². The normalized spacial score (nSPS) is 9.45. The number of hydrogen-bond donors (Lipinski definition) is 1. The molecule has 0 amide bonds. The quantitative estimate of drug-likeness (QED) is 0.431. The van der Waals surface area contributed by atoms with Crippen molar-refractivity contribution in [1.29, 1.82) is 0 Å². The largest absolute Gasteiger partial charge is 0.389 e. The van der Waals surface area contributed by atoms with Gasteiger partial charge in [-0.2, -0.15) is 0 Å². The zero-order valence-corrected chi connectivity index (χ0v) is 6.95. The maximum atomic E-state index is 10.2. The molecule has 0 fully saturated rings. The number of nitrogens with two attached hydrogens (primary N) is 1. The van der Waals surface area contributed by atoms with E-state index in [9.17, 15) is 10.1 Å². The number of nitro groups is 1. The first-order valence-electron chi connectivity index (χ1n) is 2.64. The van der Waals surface area contributed by atoms with Crippen LogP contribution in [-0.2, 0) is 0 Å². The van der Waals surface area contributed by atoms with Crippen LogP contribution in [0.4, 0.5) is 5.00 Å². The van der Waals surface area contributed by atoms with Crippen LogP contribution in [0.1, 0.15) is 5.56 Å². The van der Waals surface area contributed by atoms with Crippen LogP contribution in [0.2, 0.25) is 0 Å². The van der Waals surface area contributed by atoms with Crippen LogP contribution in [0, 0.1) is 10.1 Å². The fourth-order valence-corrected chi connectivity index (χ4v) is 1.47. The maximum absolute atomic E-state index is 10.2. The Kier molecular flexibility index (Phi) is 2.16. The summed E-state index contributed by atoms with van der Waals surface area (Å²) in [5.74, 6) is 0. The van der Waals surface area contributed by atoms with Gasteiger partial charge in [-0.25, -0.2) is 0 Å². The highest BCUT2D eigenvalue weighted by Crippen LogP contribution is 2.21. The topological polar surface area (TPSA) is 69.2 Å². The molecule has 11 heavy (non-hydrogen) atoms. The number of rotatable bonds is 2. The van der Waals surface area contributed by atoms with Gasteiger partial charge in [0, 0.05) is 17.0 Å². The van der Waals surface area contributed by atoms with Crippen LogP contribution in [0.15, 0.2) is 11.4 Å². The van der Waals surface area contributed by atoms with E-state index in [0.29, 0.717) is 5.56 Å². The van der Waals surface area contributed by atoms with Crippen molar-refractivity contribution >= 4 is 33.5 Å². The van der Waals surface area contributed by atoms with Crippen molar-refractivity contribution in [3.05, 3.63) is 27.1 Å². The molecule has 0 radical (unpaired) electrons. The monoisotopic (exact) mass is 188 g/mol. The zero-order valence-electron chi connectivity index (χ0n) is 5.31. The van der Waals surface area contributed by atoms with E-state index in [2.05, 4.69) is 12.2 Å². The van der Waals surface area contributed by atoms with Gasteiger partial charge in [-0.3, -0.25) is 10.1 Å². The van der Waals surface area contributed by atoms with E-state index >= 15 is 0 Å². The summed E-state index contributed by atoms with van der Waals surface area (Å²) in [6, 6.07) is 1.37. The van der Waals surface area contributed by atoms with Crippen LogP contribution in [0.5, 0.6) is 0 Å². The highest BCUT2D eigenvalue weighted by molar-refractivity contribution is 7.80. The Balaban J connectivity index is 2.99. The Morgan fingerprint density at radius 3 is 2.73 bits per heavy atom. The van der Waals surface area contributed by atoms with Gasteiger partial charge in [0.2, 0.25) is 0 Å². The third-order valence-corrected chi connectivity index (χ3v) is 2.17. The molecule has 1 aromatic heterocycles. The Hall–Kier alpha value is -1.01. The third-order valence-electron chi connectivity index (χ3n) is 1.05. The summed E-state index contributed by atoms with van der Waals surface area (Å²) in [5.41, 5.74) is 5.80. The molecule has 0 aliphatic rings. The van der Waals surface area contributed by atoms with Crippen molar-refractivity contribution in [2.75, 3.05) is 0 Å². The van der Waals surface area contributed by atoms with E-state index in [4.69, 9.17) is 5.73 Å². The van der Waals surface area contributed by atoms with Crippen molar-refractivity contribution < 1.29 is 4.92 Å². The molecule has 0 aliphatic carbocycles. The average molecular weight is 188 g/mol. The number of hydrogen-bond acceptors (Lipinski definition) is 4. The molecule has 1 aromatic rings. The predicted molar refractivity (Wildman–Crippen MR) is 46.9 cm³/mol. The van der Waals surface area contributed by atoms with Crippen molar-refractivity contribution in [2.45, 2.75) is 0 Å². The van der Waals surface area contributed by atoms with E-state index < -0.39 is 4.92 Å². The van der Waals surface area contributed by atoms with Crippen LogP contribution < -0.4 is 5.73 Å². The smallest absolute Gasteiger partial charge is 0.324 e. The lowest BCUT2D eigenvalue weighted by Gasteiger charge is -1.85. The molecule has 1 rings (SSSR count). The molecule has 1 heterocycles. The molecule has 0 unspecified atom stereocenters. The van der Waals surface area contributed by atoms with Gasteiger partial charge in [0.05, 0.1) is 4.92 Å². The van der Waals surface area contributed by atoms with Crippen LogP contribution in [-0.4, -0.2) is 9.91 Å². The standard InChI is InChI=1S/C5H4N2O2S2/c6-5(10)3-1-4(7(8)9)11-2-3/h1-2H,(H2,6,10). The number of thiophene rings is 1. The van der Waals surface area contributed by atoms with Gasteiger partial charge in [0.15, 0.2) is 0 Å². The summed E-state index contributed by atoms with van der Waals surface area (Å²) in [5, 5.41) is 11.8. The molecule has 2 N–H and O–H groups in total. The van der Waals surface area contributed by atoms with E-state index in [-0.39, 0.29) is 9.99 Å². The first-order valence-corrected chi connectivity index (χ1v) is 3.93. The molecule has 6 heteroatoms. The second-order valence-electron chi connectivity index (χ2n) is 1.79. The van der Waals surface area contributed by atoms with Gasteiger partial charge in [0.1, 0.15) is 4.99 Å². The third kappa shape index (κ3) is 1.72. The first-order chi connectivity index (χ1) is 5.11. The van der Waals surface area contributed by atoms with E-state index in [1.165, 1.54) is 6.07 Å². The summed E-state index contributed by atoms with van der Waals surface area (Å²) in [4.78, 5) is 9.89. The SMILES string of the molecule is NC(=S)c1csc([N+](=O)[O-])c1. The molecule has 0 aromatic carbocycles. The lowest BCUT2D eigenvalue weighted by atomic mass is 10.3. The van der Waals surface area contributed by atoms with Gasteiger partial charge >= 0.3 is 5.00 Å². The zero-order chi connectivity index (χ0) is 8.43. The Morgan fingerprint density at radius 2 is 2.45 bits per heavy atom. The molecule has 0 saturated carbocycles. The molecule has 4 nitrogen and oxygen atoms in total. The maximum Gasteiger partial charge on any atom is 0.324 e. The Morgan fingerprint density at radius 1 is 1.82 bits per heavy atom. The van der Waals surface area contributed by atoms with Gasteiger partial charge < -0.3 is 5.73 Å². The minimum absolute atomic E-state index is 0.0628.